The van der Waals surface area contributed by atoms with E-state index < -0.39 is 0 Å². The lowest BCUT2D eigenvalue weighted by molar-refractivity contribution is 0.252. The predicted octanol–water partition coefficient (Wildman–Crippen LogP) is 3.66. The SMILES string of the molecule is CCNC(C)c1ccc2ccccc2c1OCCCCO. The number of aliphatic hydroxyl groups excluding tert-OH is 1. The lowest BCUT2D eigenvalue weighted by atomic mass is 10.0. The first-order chi connectivity index (χ1) is 10.3. The molecular weight excluding hydrogens is 262 g/mol. The van der Waals surface area contributed by atoms with Crippen LogP contribution >= 0.6 is 0 Å². The molecule has 1 atom stereocenters. The van der Waals surface area contributed by atoms with E-state index in [4.69, 9.17) is 9.84 Å². The van der Waals surface area contributed by atoms with Crippen LogP contribution in [0.25, 0.3) is 10.8 Å². The van der Waals surface area contributed by atoms with Gasteiger partial charge in [-0.05, 0) is 31.7 Å². The number of ether oxygens (including phenoxy) is 1. The number of hydrogen-bond donors (Lipinski definition) is 2. The second-order valence-corrected chi connectivity index (χ2v) is 5.26. The summed E-state index contributed by atoms with van der Waals surface area (Å²) in [6.45, 7) is 6.06. The van der Waals surface area contributed by atoms with Gasteiger partial charge in [-0.15, -0.1) is 0 Å². The van der Waals surface area contributed by atoms with Gasteiger partial charge >= 0.3 is 0 Å². The van der Waals surface area contributed by atoms with Crippen LogP contribution in [0.5, 0.6) is 5.75 Å². The smallest absolute Gasteiger partial charge is 0.131 e. The van der Waals surface area contributed by atoms with Crippen molar-refractivity contribution in [1.82, 2.24) is 5.32 Å². The van der Waals surface area contributed by atoms with E-state index in [1.165, 1.54) is 10.9 Å². The lowest BCUT2D eigenvalue weighted by Gasteiger charge is -2.19. The van der Waals surface area contributed by atoms with Gasteiger partial charge in [-0.2, -0.15) is 0 Å². The first kappa shape index (κ1) is 15.8. The quantitative estimate of drug-likeness (QED) is 0.728. The van der Waals surface area contributed by atoms with E-state index in [0.717, 1.165) is 30.5 Å². The minimum absolute atomic E-state index is 0.222. The highest BCUT2D eigenvalue weighted by molar-refractivity contribution is 5.89. The van der Waals surface area contributed by atoms with Gasteiger partial charge in [-0.3, -0.25) is 0 Å². The van der Waals surface area contributed by atoms with Gasteiger partial charge in [-0.25, -0.2) is 0 Å². The molecule has 2 rings (SSSR count). The fraction of sp³-hybridized carbons (Fsp3) is 0.444. The Morgan fingerprint density at radius 2 is 1.95 bits per heavy atom. The van der Waals surface area contributed by atoms with Crippen LogP contribution in [0.15, 0.2) is 36.4 Å². The van der Waals surface area contributed by atoms with Gasteiger partial charge in [0.1, 0.15) is 5.75 Å². The van der Waals surface area contributed by atoms with Crippen LogP contribution < -0.4 is 10.1 Å². The molecule has 0 saturated heterocycles. The standard InChI is InChI=1S/C18H25NO2/c1-3-19-14(2)16-11-10-15-8-4-5-9-17(15)18(16)21-13-7-6-12-20/h4-5,8-11,14,19-20H,3,6-7,12-13H2,1-2H3. The van der Waals surface area contributed by atoms with Crippen molar-refractivity contribution >= 4 is 10.8 Å². The first-order valence-corrected chi connectivity index (χ1v) is 7.76. The molecule has 0 amide bonds. The van der Waals surface area contributed by atoms with E-state index in [9.17, 15) is 0 Å². The highest BCUT2D eigenvalue weighted by Gasteiger charge is 2.14. The molecule has 2 N–H and O–H groups in total. The molecule has 21 heavy (non-hydrogen) atoms. The normalized spacial score (nSPS) is 12.5. The Balaban J connectivity index is 2.32. The third-order valence-corrected chi connectivity index (χ3v) is 3.69. The van der Waals surface area contributed by atoms with Crippen LogP contribution in [0.4, 0.5) is 0 Å². The third-order valence-electron chi connectivity index (χ3n) is 3.69. The summed E-state index contributed by atoms with van der Waals surface area (Å²) >= 11 is 0. The number of aliphatic hydroxyl groups is 1. The van der Waals surface area contributed by atoms with Gasteiger partial charge in [0, 0.05) is 23.6 Å². The van der Waals surface area contributed by atoms with Gasteiger partial charge in [0.25, 0.3) is 0 Å². The Bertz CT molecular complexity index is 568. The number of nitrogens with one attached hydrogen (secondary N) is 1. The Morgan fingerprint density at radius 1 is 1.14 bits per heavy atom. The average Bonchev–Trinajstić information content (AvgIpc) is 2.51. The molecule has 3 heteroatoms. The Labute approximate surface area is 126 Å². The van der Waals surface area contributed by atoms with Crippen molar-refractivity contribution in [1.29, 1.82) is 0 Å². The maximum atomic E-state index is 8.88. The molecule has 2 aromatic rings. The summed E-state index contributed by atoms with van der Waals surface area (Å²) in [6.07, 6.45) is 1.65. The zero-order valence-corrected chi connectivity index (χ0v) is 12.9. The molecule has 0 aliphatic heterocycles. The fourth-order valence-electron chi connectivity index (χ4n) is 2.57. The molecule has 0 heterocycles. The Kier molecular flexibility index (Phi) is 6.03. The van der Waals surface area contributed by atoms with Crippen molar-refractivity contribution in [3.63, 3.8) is 0 Å². The van der Waals surface area contributed by atoms with Gasteiger partial charge in [0.05, 0.1) is 6.61 Å². The van der Waals surface area contributed by atoms with Gasteiger partial charge in [-0.1, -0.05) is 43.3 Å². The van der Waals surface area contributed by atoms with E-state index in [1.807, 2.05) is 12.1 Å². The maximum absolute atomic E-state index is 8.88. The number of fused-ring (bicyclic) bond motifs is 1. The highest BCUT2D eigenvalue weighted by atomic mass is 16.5. The zero-order chi connectivity index (χ0) is 15.1. The summed E-state index contributed by atoms with van der Waals surface area (Å²) in [6, 6.07) is 12.9. The van der Waals surface area contributed by atoms with Crippen molar-refractivity contribution in [2.45, 2.75) is 32.7 Å². The van der Waals surface area contributed by atoms with E-state index in [0.29, 0.717) is 6.61 Å². The fourth-order valence-corrected chi connectivity index (χ4v) is 2.57. The first-order valence-electron chi connectivity index (χ1n) is 7.76. The van der Waals surface area contributed by atoms with Crippen molar-refractivity contribution < 1.29 is 9.84 Å². The van der Waals surface area contributed by atoms with E-state index >= 15 is 0 Å². The van der Waals surface area contributed by atoms with Crippen LogP contribution in [0, 0.1) is 0 Å². The van der Waals surface area contributed by atoms with Crippen LogP contribution in [-0.4, -0.2) is 24.9 Å². The summed E-state index contributed by atoms with van der Waals surface area (Å²) in [5.74, 6) is 0.972. The summed E-state index contributed by atoms with van der Waals surface area (Å²) < 4.78 is 6.07. The Hall–Kier alpha value is -1.58. The summed E-state index contributed by atoms with van der Waals surface area (Å²) in [5, 5.41) is 14.7. The molecule has 114 valence electrons. The van der Waals surface area contributed by atoms with E-state index in [1.54, 1.807) is 0 Å². The molecule has 0 radical (unpaired) electrons. The number of hydrogen-bond acceptors (Lipinski definition) is 3. The summed E-state index contributed by atoms with van der Waals surface area (Å²) in [5.41, 5.74) is 1.19. The lowest BCUT2D eigenvalue weighted by Crippen LogP contribution is -2.18. The molecule has 0 aliphatic rings. The van der Waals surface area contributed by atoms with Crippen molar-refractivity contribution in [2.75, 3.05) is 19.8 Å². The van der Waals surface area contributed by atoms with Crippen molar-refractivity contribution in [3.05, 3.63) is 42.0 Å². The van der Waals surface area contributed by atoms with Crippen LogP contribution in [0.1, 0.15) is 38.3 Å². The van der Waals surface area contributed by atoms with E-state index in [-0.39, 0.29) is 12.6 Å². The molecule has 1 unspecified atom stereocenters. The van der Waals surface area contributed by atoms with Gasteiger partial charge in [0.15, 0.2) is 0 Å². The van der Waals surface area contributed by atoms with E-state index in [2.05, 4.69) is 43.4 Å². The zero-order valence-electron chi connectivity index (χ0n) is 12.9. The van der Waals surface area contributed by atoms with Crippen molar-refractivity contribution in [3.8, 4) is 5.75 Å². The molecular formula is C18H25NO2. The molecule has 0 saturated carbocycles. The van der Waals surface area contributed by atoms with Crippen LogP contribution in [0.2, 0.25) is 0 Å². The number of unbranched alkanes of at least 4 members (excludes halogenated alkanes) is 1. The second-order valence-electron chi connectivity index (χ2n) is 5.26. The van der Waals surface area contributed by atoms with Gasteiger partial charge < -0.3 is 15.2 Å². The second kappa shape index (κ2) is 8.01. The predicted molar refractivity (Wildman–Crippen MR) is 87.9 cm³/mol. The highest BCUT2D eigenvalue weighted by Crippen LogP contribution is 2.33. The van der Waals surface area contributed by atoms with Crippen molar-refractivity contribution in [2.24, 2.45) is 0 Å². The van der Waals surface area contributed by atoms with Crippen LogP contribution in [-0.2, 0) is 0 Å². The molecule has 0 aromatic heterocycles. The molecule has 2 aromatic carbocycles. The summed E-state index contributed by atoms with van der Waals surface area (Å²) in [7, 11) is 0. The maximum Gasteiger partial charge on any atom is 0.131 e. The largest absolute Gasteiger partial charge is 0.493 e. The van der Waals surface area contributed by atoms with Gasteiger partial charge in [0.2, 0.25) is 0 Å². The molecule has 0 aliphatic carbocycles. The molecule has 0 bridgehead atoms. The number of benzene rings is 2. The molecule has 3 nitrogen and oxygen atoms in total. The average molecular weight is 287 g/mol. The number of rotatable bonds is 8. The Morgan fingerprint density at radius 3 is 2.71 bits per heavy atom. The molecule has 0 spiro atoms. The minimum atomic E-state index is 0.222. The van der Waals surface area contributed by atoms with Crippen LogP contribution in [0.3, 0.4) is 0 Å². The third kappa shape index (κ3) is 3.96. The summed E-state index contributed by atoms with van der Waals surface area (Å²) in [4.78, 5) is 0. The topological polar surface area (TPSA) is 41.5 Å². The minimum Gasteiger partial charge on any atom is -0.493 e. The monoisotopic (exact) mass is 287 g/mol. The molecule has 0 fully saturated rings.